The molecule has 0 aromatic carbocycles. The number of carboxylic acid groups (broad SMARTS) is 2. The molecular formula is C12H20N2O6. The van der Waals surface area contributed by atoms with Crippen molar-refractivity contribution in [1.82, 2.24) is 10.6 Å². The predicted molar refractivity (Wildman–Crippen MR) is 68.4 cm³/mol. The van der Waals surface area contributed by atoms with E-state index in [9.17, 15) is 14.4 Å². The molecule has 1 aliphatic rings. The minimum absolute atomic E-state index is 0.0446. The fourth-order valence-electron chi connectivity index (χ4n) is 1.91. The molecule has 2 atom stereocenters. The van der Waals surface area contributed by atoms with Crippen molar-refractivity contribution in [2.24, 2.45) is 0 Å². The van der Waals surface area contributed by atoms with Gasteiger partial charge in [-0.2, -0.15) is 0 Å². The number of carbonyl (C=O) groups excluding carboxylic acids is 1. The maximum Gasteiger partial charge on any atom is 0.326 e. The number of carbonyl (C=O) groups is 3. The minimum Gasteiger partial charge on any atom is -0.481 e. The molecule has 1 unspecified atom stereocenters. The Morgan fingerprint density at radius 1 is 1.25 bits per heavy atom. The van der Waals surface area contributed by atoms with Crippen LogP contribution in [0.5, 0.6) is 0 Å². The lowest BCUT2D eigenvalue weighted by Gasteiger charge is -2.23. The summed E-state index contributed by atoms with van der Waals surface area (Å²) in [5.41, 5.74) is 0. The third-order valence-electron chi connectivity index (χ3n) is 3.01. The first-order chi connectivity index (χ1) is 9.49. The standard InChI is InChI=1S/C12H20N2O6/c15-10(16)5-4-9(11(17)18)14-12(19)13-7-8-3-1-2-6-20-8/h8-9H,1-7H2,(H,15,16)(H,17,18)(H2,13,14,19)/t8?,9-/m0/s1. The van der Waals surface area contributed by atoms with Gasteiger partial charge in [-0.3, -0.25) is 4.79 Å². The van der Waals surface area contributed by atoms with E-state index in [2.05, 4.69) is 10.6 Å². The van der Waals surface area contributed by atoms with Crippen molar-refractivity contribution >= 4 is 18.0 Å². The molecule has 8 nitrogen and oxygen atoms in total. The van der Waals surface area contributed by atoms with Gasteiger partial charge in [0.15, 0.2) is 0 Å². The van der Waals surface area contributed by atoms with Crippen molar-refractivity contribution < 1.29 is 29.3 Å². The molecule has 1 saturated heterocycles. The summed E-state index contributed by atoms with van der Waals surface area (Å²) in [4.78, 5) is 32.9. The van der Waals surface area contributed by atoms with Crippen LogP contribution < -0.4 is 10.6 Å². The van der Waals surface area contributed by atoms with Gasteiger partial charge in [-0.05, 0) is 25.7 Å². The zero-order chi connectivity index (χ0) is 15.0. The zero-order valence-electron chi connectivity index (χ0n) is 11.1. The van der Waals surface area contributed by atoms with Crippen LogP contribution in [-0.4, -0.2) is 53.5 Å². The number of nitrogens with one attached hydrogen (secondary N) is 2. The Morgan fingerprint density at radius 2 is 2.00 bits per heavy atom. The van der Waals surface area contributed by atoms with Crippen molar-refractivity contribution in [2.75, 3.05) is 13.2 Å². The lowest BCUT2D eigenvalue weighted by atomic mass is 10.1. The Hall–Kier alpha value is -1.83. The minimum atomic E-state index is -1.25. The van der Waals surface area contributed by atoms with Gasteiger partial charge in [0, 0.05) is 19.6 Å². The van der Waals surface area contributed by atoms with E-state index >= 15 is 0 Å². The highest BCUT2D eigenvalue weighted by Gasteiger charge is 2.21. The second kappa shape index (κ2) is 8.36. The molecule has 0 bridgehead atoms. The van der Waals surface area contributed by atoms with Crippen LogP contribution in [0.4, 0.5) is 4.79 Å². The number of amides is 2. The molecule has 0 aliphatic carbocycles. The Bertz CT molecular complexity index is 354. The molecule has 0 aromatic heterocycles. The van der Waals surface area contributed by atoms with Gasteiger partial charge in [-0.15, -0.1) is 0 Å². The average Bonchev–Trinajstić information content (AvgIpc) is 2.41. The molecule has 0 saturated carbocycles. The van der Waals surface area contributed by atoms with E-state index in [4.69, 9.17) is 14.9 Å². The second-order valence-corrected chi connectivity index (χ2v) is 4.67. The SMILES string of the molecule is O=C(O)CC[C@H](NC(=O)NCC1CCCCO1)C(=O)O. The van der Waals surface area contributed by atoms with Gasteiger partial charge in [0.05, 0.1) is 6.10 Å². The van der Waals surface area contributed by atoms with Crippen molar-refractivity contribution in [3.63, 3.8) is 0 Å². The molecule has 114 valence electrons. The highest BCUT2D eigenvalue weighted by Crippen LogP contribution is 2.11. The number of hydrogen-bond acceptors (Lipinski definition) is 4. The molecule has 1 aliphatic heterocycles. The van der Waals surface area contributed by atoms with E-state index in [1.165, 1.54) is 0 Å². The molecule has 8 heteroatoms. The Kier molecular flexibility index (Phi) is 6.78. The van der Waals surface area contributed by atoms with Gasteiger partial charge < -0.3 is 25.6 Å². The summed E-state index contributed by atoms with van der Waals surface area (Å²) in [7, 11) is 0. The number of hydrogen-bond donors (Lipinski definition) is 4. The maximum absolute atomic E-state index is 11.6. The predicted octanol–water partition coefficient (Wildman–Crippen LogP) is 0.173. The van der Waals surface area contributed by atoms with E-state index in [1.807, 2.05) is 0 Å². The summed E-state index contributed by atoms with van der Waals surface area (Å²) < 4.78 is 5.42. The molecule has 0 radical (unpaired) electrons. The first kappa shape index (κ1) is 16.2. The normalized spacial score (nSPS) is 19.9. The number of rotatable bonds is 7. The van der Waals surface area contributed by atoms with Crippen LogP contribution in [0.15, 0.2) is 0 Å². The fourth-order valence-corrected chi connectivity index (χ4v) is 1.91. The van der Waals surface area contributed by atoms with Crippen LogP contribution in [0.1, 0.15) is 32.1 Å². The molecule has 1 fully saturated rings. The Balaban J connectivity index is 2.29. The molecular weight excluding hydrogens is 268 g/mol. The van der Waals surface area contributed by atoms with Gasteiger partial charge in [0.25, 0.3) is 0 Å². The van der Waals surface area contributed by atoms with E-state index in [0.717, 1.165) is 19.3 Å². The smallest absolute Gasteiger partial charge is 0.326 e. The average molecular weight is 288 g/mol. The van der Waals surface area contributed by atoms with Crippen LogP contribution in [0.2, 0.25) is 0 Å². The lowest BCUT2D eigenvalue weighted by molar-refractivity contribution is -0.140. The molecule has 4 N–H and O–H groups in total. The fraction of sp³-hybridized carbons (Fsp3) is 0.750. The van der Waals surface area contributed by atoms with Gasteiger partial charge in [-0.25, -0.2) is 9.59 Å². The van der Waals surface area contributed by atoms with Crippen molar-refractivity contribution in [3.8, 4) is 0 Å². The number of ether oxygens (including phenoxy) is 1. The van der Waals surface area contributed by atoms with Gasteiger partial charge in [0.2, 0.25) is 0 Å². The number of urea groups is 1. The van der Waals surface area contributed by atoms with Crippen LogP contribution >= 0.6 is 0 Å². The summed E-state index contributed by atoms with van der Waals surface area (Å²) in [5, 5.41) is 22.2. The van der Waals surface area contributed by atoms with Gasteiger partial charge in [-0.1, -0.05) is 0 Å². The third-order valence-corrected chi connectivity index (χ3v) is 3.01. The van der Waals surface area contributed by atoms with Crippen molar-refractivity contribution in [1.29, 1.82) is 0 Å². The quantitative estimate of drug-likeness (QED) is 0.529. The van der Waals surface area contributed by atoms with Crippen LogP contribution in [0.3, 0.4) is 0 Å². The lowest BCUT2D eigenvalue weighted by Crippen LogP contribution is -2.48. The van der Waals surface area contributed by atoms with Crippen molar-refractivity contribution in [3.05, 3.63) is 0 Å². The number of carboxylic acids is 2. The van der Waals surface area contributed by atoms with Gasteiger partial charge >= 0.3 is 18.0 Å². The van der Waals surface area contributed by atoms with Crippen LogP contribution in [0.25, 0.3) is 0 Å². The highest BCUT2D eigenvalue weighted by atomic mass is 16.5. The molecule has 1 heterocycles. The van der Waals surface area contributed by atoms with Crippen molar-refractivity contribution in [2.45, 2.75) is 44.2 Å². The third kappa shape index (κ3) is 6.37. The summed E-state index contributed by atoms with van der Waals surface area (Å²) in [5.74, 6) is -2.36. The molecule has 2 amide bonds. The Labute approximate surface area is 116 Å². The molecule has 1 rings (SSSR count). The highest BCUT2D eigenvalue weighted by molar-refractivity contribution is 5.83. The van der Waals surface area contributed by atoms with E-state index < -0.39 is 24.0 Å². The van der Waals surface area contributed by atoms with E-state index in [0.29, 0.717) is 13.2 Å². The first-order valence-corrected chi connectivity index (χ1v) is 6.59. The number of aliphatic carboxylic acids is 2. The molecule has 0 spiro atoms. The summed E-state index contributed by atoms with van der Waals surface area (Å²) in [6.07, 6.45) is 2.41. The van der Waals surface area contributed by atoms with Crippen LogP contribution in [0, 0.1) is 0 Å². The largest absolute Gasteiger partial charge is 0.481 e. The summed E-state index contributed by atoms with van der Waals surface area (Å²) in [6, 6.07) is -1.84. The summed E-state index contributed by atoms with van der Waals surface area (Å²) >= 11 is 0. The van der Waals surface area contributed by atoms with E-state index in [-0.39, 0.29) is 18.9 Å². The van der Waals surface area contributed by atoms with Gasteiger partial charge in [0.1, 0.15) is 6.04 Å². The molecule has 20 heavy (non-hydrogen) atoms. The second-order valence-electron chi connectivity index (χ2n) is 4.67. The maximum atomic E-state index is 11.6. The van der Waals surface area contributed by atoms with Crippen LogP contribution in [-0.2, 0) is 14.3 Å². The zero-order valence-corrected chi connectivity index (χ0v) is 11.1. The van der Waals surface area contributed by atoms with E-state index in [1.54, 1.807) is 0 Å². The first-order valence-electron chi connectivity index (χ1n) is 6.59. The monoisotopic (exact) mass is 288 g/mol. The molecule has 0 aromatic rings. The topological polar surface area (TPSA) is 125 Å². The summed E-state index contributed by atoms with van der Waals surface area (Å²) in [6.45, 7) is 0.988. The Morgan fingerprint density at radius 3 is 2.55 bits per heavy atom.